The Morgan fingerprint density at radius 3 is 1.78 bits per heavy atom. The molecule has 0 unspecified atom stereocenters. The van der Waals surface area contributed by atoms with Crippen LogP contribution in [0.5, 0.6) is 0 Å². The Bertz CT molecular complexity index is 1470. The first-order valence-corrected chi connectivity index (χ1v) is 14.3. The van der Waals surface area contributed by atoms with Crippen molar-refractivity contribution in [2.45, 2.75) is 26.7 Å². The van der Waals surface area contributed by atoms with Crippen LogP contribution in [-0.2, 0) is 0 Å². The van der Waals surface area contributed by atoms with Gasteiger partial charge in [0.25, 0.3) is 11.1 Å². The number of rotatable bonds is 8. The van der Waals surface area contributed by atoms with Crippen molar-refractivity contribution in [2.75, 3.05) is 65.4 Å². The Hall–Kier alpha value is -5.20. The van der Waals surface area contributed by atoms with Gasteiger partial charge < -0.3 is 26.6 Å². The third-order valence-corrected chi connectivity index (χ3v) is 5.32. The lowest BCUT2D eigenvalue weighted by atomic mass is 10.4. The van der Waals surface area contributed by atoms with E-state index in [0.29, 0.717) is 17.9 Å². The van der Waals surface area contributed by atoms with Crippen LogP contribution in [0.1, 0.15) is 24.2 Å². The van der Waals surface area contributed by atoms with Crippen molar-refractivity contribution >= 4 is 24.0 Å². The second-order valence-electron chi connectivity index (χ2n) is 10.2. The molecule has 0 bridgehead atoms. The van der Waals surface area contributed by atoms with Crippen molar-refractivity contribution in [3.05, 3.63) is 81.7 Å². The summed E-state index contributed by atoms with van der Waals surface area (Å²) in [6.45, 7) is 6.79. The van der Waals surface area contributed by atoms with E-state index in [1.807, 2.05) is 19.0 Å². The van der Waals surface area contributed by atoms with Crippen LogP contribution < -0.4 is 33.2 Å². The summed E-state index contributed by atoms with van der Waals surface area (Å²) in [5, 5.41) is 5.17. The van der Waals surface area contributed by atoms with E-state index >= 15 is 0 Å². The molecule has 0 saturated carbocycles. The van der Waals surface area contributed by atoms with Gasteiger partial charge in [-0.1, -0.05) is 0 Å². The summed E-state index contributed by atoms with van der Waals surface area (Å²) in [5.41, 5.74) is 11.1. The second-order valence-corrected chi connectivity index (χ2v) is 10.2. The molecule has 0 spiro atoms. The number of carbonyl (C=O) groups excluding carboxylic acids is 2. The Balaban J connectivity index is 0.000000327. The monoisotopic (exact) mass is 642 g/mol. The summed E-state index contributed by atoms with van der Waals surface area (Å²) in [6, 6.07) is 2.18. The summed E-state index contributed by atoms with van der Waals surface area (Å²) >= 11 is 0. The molecule has 0 aliphatic rings. The lowest BCUT2D eigenvalue weighted by Crippen LogP contribution is -2.32. The SMILES string of the molecule is CN(C)CCCN.Cc1cc(=O)[nH]c(N)n1.Cc1cc(=O)[nH]c(NC(=O)NCCCN(C)C)n1.O=C(n1ccnc1)n1ccnc1. The van der Waals surface area contributed by atoms with Crippen LogP contribution >= 0.6 is 0 Å². The van der Waals surface area contributed by atoms with Crippen molar-refractivity contribution in [1.29, 1.82) is 0 Å². The second kappa shape index (κ2) is 21.5. The van der Waals surface area contributed by atoms with Crippen LogP contribution in [0, 0.1) is 13.8 Å². The summed E-state index contributed by atoms with van der Waals surface area (Å²) in [4.78, 5) is 68.8. The van der Waals surface area contributed by atoms with E-state index in [2.05, 4.69) is 59.5 Å². The van der Waals surface area contributed by atoms with E-state index in [1.165, 1.54) is 33.9 Å². The predicted octanol–water partition coefficient (Wildman–Crippen LogP) is 0.305. The Morgan fingerprint density at radius 2 is 1.37 bits per heavy atom. The number of carbonyl (C=O) groups is 2. The fourth-order valence-electron chi connectivity index (χ4n) is 3.27. The molecule has 4 aromatic rings. The number of imidazole rings is 2. The van der Waals surface area contributed by atoms with Gasteiger partial charge in [-0.05, 0) is 74.5 Å². The minimum atomic E-state index is -0.373. The molecule has 252 valence electrons. The van der Waals surface area contributed by atoms with Crippen molar-refractivity contribution in [1.82, 2.24) is 54.2 Å². The number of hydrogen-bond acceptors (Lipinski definition) is 12. The number of aromatic amines is 2. The number of hydrogen-bond donors (Lipinski definition) is 6. The van der Waals surface area contributed by atoms with Crippen LogP contribution in [0.3, 0.4) is 0 Å². The van der Waals surface area contributed by atoms with Crippen LogP contribution in [-0.4, -0.2) is 115 Å². The molecule has 0 saturated heterocycles. The summed E-state index contributed by atoms with van der Waals surface area (Å²) < 4.78 is 2.75. The molecule has 2 amide bonds. The van der Waals surface area contributed by atoms with Crippen LogP contribution in [0.4, 0.5) is 21.5 Å². The lowest BCUT2D eigenvalue weighted by Gasteiger charge is -2.10. The van der Waals surface area contributed by atoms with E-state index in [0.717, 1.165) is 32.5 Å². The maximum Gasteiger partial charge on any atom is 0.338 e. The molecule has 0 fully saturated rings. The molecular formula is C28H46N14O4. The molecule has 18 heteroatoms. The molecule has 4 aromatic heterocycles. The van der Waals surface area contributed by atoms with E-state index in [-0.39, 0.29) is 35.1 Å². The summed E-state index contributed by atoms with van der Waals surface area (Å²) in [6.07, 6.45) is 11.1. The zero-order valence-corrected chi connectivity index (χ0v) is 27.2. The quantitative estimate of drug-likeness (QED) is 0.142. The normalized spacial score (nSPS) is 10.1. The molecule has 0 aliphatic heterocycles. The number of aryl methyl sites for hydroxylation is 2. The van der Waals surface area contributed by atoms with Crippen molar-refractivity contribution in [3.63, 3.8) is 0 Å². The lowest BCUT2D eigenvalue weighted by molar-refractivity contribution is 0.243. The highest BCUT2D eigenvalue weighted by Gasteiger charge is 2.05. The minimum Gasteiger partial charge on any atom is -0.369 e. The smallest absolute Gasteiger partial charge is 0.338 e. The highest BCUT2D eigenvalue weighted by molar-refractivity contribution is 5.87. The number of aromatic nitrogens is 8. The van der Waals surface area contributed by atoms with Gasteiger partial charge in [-0.3, -0.25) is 34.0 Å². The van der Waals surface area contributed by atoms with Crippen molar-refractivity contribution in [3.8, 4) is 0 Å². The number of nitrogens with one attached hydrogen (secondary N) is 4. The van der Waals surface area contributed by atoms with Gasteiger partial charge >= 0.3 is 12.1 Å². The highest BCUT2D eigenvalue weighted by atomic mass is 16.2. The number of H-pyrrole nitrogens is 2. The van der Waals surface area contributed by atoms with Crippen molar-refractivity contribution in [2.24, 2.45) is 5.73 Å². The largest absolute Gasteiger partial charge is 0.369 e. The first-order valence-electron chi connectivity index (χ1n) is 14.3. The fraction of sp³-hybridized carbons (Fsp3) is 0.429. The molecule has 0 aliphatic carbocycles. The Labute approximate surface area is 267 Å². The molecule has 46 heavy (non-hydrogen) atoms. The number of amides is 2. The van der Waals surface area contributed by atoms with Crippen LogP contribution in [0.15, 0.2) is 59.2 Å². The Morgan fingerprint density at radius 1 is 0.848 bits per heavy atom. The topological polar surface area (TPSA) is 244 Å². The predicted molar refractivity (Wildman–Crippen MR) is 177 cm³/mol. The molecule has 0 atom stereocenters. The van der Waals surface area contributed by atoms with Gasteiger partial charge in [0.05, 0.1) is 0 Å². The number of urea groups is 1. The summed E-state index contributed by atoms with van der Waals surface area (Å²) in [5.74, 6) is 0.324. The maximum atomic E-state index is 11.5. The molecule has 0 aromatic carbocycles. The van der Waals surface area contributed by atoms with E-state index in [4.69, 9.17) is 11.5 Å². The number of nitrogens with zero attached hydrogens (tertiary/aromatic N) is 8. The van der Waals surface area contributed by atoms with Gasteiger partial charge in [-0.2, -0.15) is 0 Å². The van der Waals surface area contributed by atoms with Gasteiger partial charge in [0.1, 0.15) is 12.7 Å². The fourth-order valence-corrected chi connectivity index (χ4v) is 3.27. The van der Waals surface area contributed by atoms with Gasteiger partial charge in [0.15, 0.2) is 0 Å². The standard InChI is InChI=1S/C11H19N5O2.C7H6N4O.C5H7N3O.C5H14N2/c1-8-7-9(17)14-10(13-8)15-11(18)12-5-4-6-16(2)3;12-7(10-3-1-8-5-10)11-4-2-9-6-11;1-3-2-4(9)8-5(6)7-3;1-7(2)5-3-4-6/h7H,4-6H2,1-3H3,(H3,12,13,14,15,17,18);1-6H;2H,1H3,(H3,6,7,8,9);3-6H2,1-2H3. The van der Waals surface area contributed by atoms with Gasteiger partial charge in [-0.25, -0.2) is 29.5 Å². The maximum absolute atomic E-state index is 11.5. The molecular weight excluding hydrogens is 596 g/mol. The minimum absolute atomic E-state index is 0.158. The number of nitrogens with two attached hydrogens (primary N) is 2. The molecule has 8 N–H and O–H groups in total. The average Bonchev–Trinajstić information content (AvgIpc) is 3.69. The van der Waals surface area contributed by atoms with E-state index < -0.39 is 0 Å². The highest BCUT2D eigenvalue weighted by Crippen LogP contribution is 1.95. The van der Waals surface area contributed by atoms with Crippen LogP contribution in [0.2, 0.25) is 0 Å². The van der Waals surface area contributed by atoms with E-state index in [1.54, 1.807) is 38.6 Å². The number of nitrogen functional groups attached to an aromatic ring is 1. The van der Waals surface area contributed by atoms with E-state index in [9.17, 15) is 19.2 Å². The molecule has 4 rings (SSSR count). The number of anilines is 2. The Kier molecular flexibility index (Phi) is 18.1. The van der Waals surface area contributed by atoms with Gasteiger partial charge in [0, 0.05) is 54.9 Å². The molecule has 0 radical (unpaired) electrons. The molecule has 4 heterocycles. The zero-order chi connectivity index (χ0) is 34.5. The molecule has 18 nitrogen and oxygen atoms in total. The van der Waals surface area contributed by atoms with Gasteiger partial charge in [0.2, 0.25) is 11.9 Å². The van der Waals surface area contributed by atoms with Gasteiger partial charge in [-0.15, -0.1) is 0 Å². The first kappa shape index (κ1) is 38.8. The van der Waals surface area contributed by atoms with Crippen LogP contribution in [0.25, 0.3) is 0 Å². The summed E-state index contributed by atoms with van der Waals surface area (Å²) in [7, 11) is 8.05. The third kappa shape index (κ3) is 17.8. The average molecular weight is 643 g/mol. The zero-order valence-electron chi connectivity index (χ0n) is 27.2. The first-order chi connectivity index (χ1) is 21.8. The van der Waals surface area contributed by atoms with Crippen molar-refractivity contribution < 1.29 is 9.59 Å². The third-order valence-electron chi connectivity index (χ3n) is 5.32.